The summed E-state index contributed by atoms with van der Waals surface area (Å²) in [5.74, 6) is -1.10. The van der Waals surface area contributed by atoms with Crippen molar-refractivity contribution in [1.82, 2.24) is 5.32 Å². The molecule has 2 atom stereocenters. The number of benzene rings is 2. The van der Waals surface area contributed by atoms with Gasteiger partial charge in [-0.15, -0.1) is 0 Å². The molecule has 0 spiro atoms. The van der Waals surface area contributed by atoms with Crippen LogP contribution in [0.4, 0.5) is 0 Å². The smallest absolute Gasteiger partial charge is 0.326 e. The Morgan fingerprint density at radius 2 is 1.89 bits per heavy atom. The lowest BCUT2D eigenvalue weighted by Crippen LogP contribution is -2.49. The minimum atomic E-state index is -1.05. The van der Waals surface area contributed by atoms with Crippen LogP contribution in [0.5, 0.6) is 5.75 Å². The summed E-state index contributed by atoms with van der Waals surface area (Å²) >= 11 is 0. The molecule has 0 bridgehead atoms. The molecule has 1 aliphatic heterocycles. The molecule has 6 heteroatoms. The molecule has 0 aliphatic carbocycles. The molecular weight excluding hydrogens is 358 g/mol. The van der Waals surface area contributed by atoms with E-state index in [1.165, 1.54) is 0 Å². The maximum atomic E-state index is 12.3. The average Bonchev–Trinajstić information content (AvgIpc) is 2.72. The van der Waals surface area contributed by atoms with Gasteiger partial charge in [-0.3, -0.25) is 4.79 Å². The van der Waals surface area contributed by atoms with Gasteiger partial charge in [0, 0.05) is 18.9 Å². The van der Waals surface area contributed by atoms with E-state index < -0.39 is 17.9 Å². The molecule has 0 aromatic heterocycles. The van der Waals surface area contributed by atoms with Crippen molar-refractivity contribution in [1.29, 1.82) is 0 Å². The van der Waals surface area contributed by atoms with E-state index in [1.807, 2.05) is 54.6 Å². The molecule has 0 radical (unpaired) electrons. The molecule has 1 aliphatic rings. The SMILES string of the molecule is O=C(COc1ccccc1Cc1ccccc1)NC(C(=O)O)C1CCCOC1. The highest BCUT2D eigenvalue weighted by atomic mass is 16.5. The minimum absolute atomic E-state index is 0.222. The number of hydrogen-bond acceptors (Lipinski definition) is 4. The van der Waals surface area contributed by atoms with Gasteiger partial charge in [0.1, 0.15) is 11.8 Å². The first kappa shape index (κ1) is 19.9. The fraction of sp³-hybridized carbons (Fsp3) is 0.364. The van der Waals surface area contributed by atoms with Gasteiger partial charge in [0.2, 0.25) is 0 Å². The molecule has 1 amide bonds. The zero-order valence-corrected chi connectivity index (χ0v) is 15.7. The van der Waals surface area contributed by atoms with Crippen LogP contribution >= 0.6 is 0 Å². The normalized spacial score (nSPS) is 17.5. The molecular formula is C22H25NO5. The maximum Gasteiger partial charge on any atom is 0.326 e. The molecule has 2 aromatic carbocycles. The van der Waals surface area contributed by atoms with E-state index in [0.29, 0.717) is 25.4 Å². The van der Waals surface area contributed by atoms with Crippen LogP contribution in [0.15, 0.2) is 54.6 Å². The largest absolute Gasteiger partial charge is 0.483 e. The van der Waals surface area contributed by atoms with Crippen LogP contribution in [0.3, 0.4) is 0 Å². The van der Waals surface area contributed by atoms with E-state index in [9.17, 15) is 14.7 Å². The van der Waals surface area contributed by atoms with Gasteiger partial charge in [0.15, 0.2) is 6.61 Å². The predicted octanol–water partition coefficient (Wildman–Crippen LogP) is 2.65. The Labute approximate surface area is 164 Å². The van der Waals surface area contributed by atoms with Gasteiger partial charge in [-0.05, 0) is 30.0 Å². The first-order valence-electron chi connectivity index (χ1n) is 9.48. The van der Waals surface area contributed by atoms with Crippen LogP contribution in [0, 0.1) is 5.92 Å². The molecule has 148 valence electrons. The summed E-state index contributed by atoms with van der Waals surface area (Å²) in [5, 5.41) is 12.0. The summed E-state index contributed by atoms with van der Waals surface area (Å²) in [6.07, 6.45) is 2.21. The van der Waals surface area contributed by atoms with Crippen LogP contribution in [-0.4, -0.2) is 42.8 Å². The Hall–Kier alpha value is -2.86. The molecule has 28 heavy (non-hydrogen) atoms. The van der Waals surface area contributed by atoms with Crippen molar-refractivity contribution in [2.45, 2.75) is 25.3 Å². The van der Waals surface area contributed by atoms with Crippen molar-refractivity contribution < 1.29 is 24.2 Å². The first-order chi connectivity index (χ1) is 13.6. The van der Waals surface area contributed by atoms with Crippen molar-refractivity contribution >= 4 is 11.9 Å². The monoisotopic (exact) mass is 383 g/mol. The standard InChI is InChI=1S/C22H25NO5/c24-20(23-21(22(25)26)18-10-6-12-27-14-18)15-28-19-11-5-4-9-17(19)13-16-7-2-1-3-8-16/h1-5,7-9,11,18,21H,6,10,12-15H2,(H,23,24)(H,25,26). The third kappa shape index (κ3) is 5.57. The Morgan fingerprint density at radius 1 is 1.14 bits per heavy atom. The van der Waals surface area contributed by atoms with Gasteiger partial charge in [0.25, 0.3) is 5.91 Å². The summed E-state index contributed by atoms with van der Waals surface area (Å²) in [5.41, 5.74) is 2.11. The second kappa shape index (κ2) is 9.90. The number of rotatable bonds is 8. The van der Waals surface area contributed by atoms with E-state index in [2.05, 4.69) is 5.32 Å². The lowest BCUT2D eigenvalue weighted by atomic mass is 9.93. The third-order valence-electron chi connectivity index (χ3n) is 4.82. The van der Waals surface area contributed by atoms with Gasteiger partial charge in [-0.25, -0.2) is 4.79 Å². The number of para-hydroxylation sites is 1. The molecule has 6 nitrogen and oxygen atoms in total. The lowest BCUT2D eigenvalue weighted by Gasteiger charge is -2.28. The Balaban J connectivity index is 1.58. The fourth-order valence-electron chi connectivity index (χ4n) is 3.37. The highest BCUT2D eigenvalue weighted by Gasteiger charge is 2.31. The van der Waals surface area contributed by atoms with Crippen LogP contribution < -0.4 is 10.1 Å². The number of hydrogen-bond donors (Lipinski definition) is 2. The second-order valence-electron chi connectivity index (χ2n) is 6.92. The van der Waals surface area contributed by atoms with Crippen molar-refractivity contribution in [3.05, 3.63) is 65.7 Å². The summed E-state index contributed by atoms with van der Waals surface area (Å²) in [6.45, 7) is 0.749. The number of amides is 1. The lowest BCUT2D eigenvalue weighted by molar-refractivity contribution is -0.145. The quantitative estimate of drug-likeness (QED) is 0.732. The highest BCUT2D eigenvalue weighted by molar-refractivity contribution is 5.84. The summed E-state index contributed by atoms with van der Waals surface area (Å²) in [6, 6.07) is 16.6. The number of carbonyl (C=O) groups excluding carboxylic acids is 1. The van der Waals surface area contributed by atoms with E-state index >= 15 is 0 Å². The predicted molar refractivity (Wildman–Crippen MR) is 104 cm³/mol. The molecule has 3 rings (SSSR count). The van der Waals surface area contributed by atoms with E-state index in [-0.39, 0.29) is 12.5 Å². The molecule has 0 saturated carbocycles. The first-order valence-corrected chi connectivity index (χ1v) is 9.48. The van der Waals surface area contributed by atoms with E-state index in [0.717, 1.165) is 24.0 Å². The Kier molecular flexibility index (Phi) is 7.03. The number of carboxylic acid groups (broad SMARTS) is 1. The second-order valence-corrected chi connectivity index (χ2v) is 6.92. The van der Waals surface area contributed by atoms with Crippen LogP contribution in [-0.2, 0) is 20.7 Å². The van der Waals surface area contributed by atoms with Gasteiger partial charge in [-0.1, -0.05) is 48.5 Å². The van der Waals surface area contributed by atoms with E-state index in [4.69, 9.17) is 9.47 Å². The molecule has 1 heterocycles. The van der Waals surface area contributed by atoms with Crippen molar-refractivity contribution in [3.63, 3.8) is 0 Å². The summed E-state index contributed by atoms with van der Waals surface area (Å²) in [4.78, 5) is 23.9. The minimum Gasteiger partial charge on any atom is -0.483 e. The Bertz CT molecular complexity index is 787. The van der Waals surface area contributed by atoms with Gasteiger partial charge >= 0.3 is 5.97 Å². The van der Waals surface area contributed by atoms with Gasteiger partial charge < -0.3 is 19.9 Å². The molecule has 2 N–H and O–H groups in total. The van der Waals surface area contributed by atoms with E-state index in [1.54, 1.807) is 0 Å². The highest BCUT2D eigenvalue weighted by Crippen LogP contribution is 2.22. The molecule has 2 unspecified atom stereocenters. The molecule has 1 saturated heterocycles. The number of nitrogens with one attached hydrogen (secondary N) is 1. The maximum absolute atomic E-state index is 12.3. The van der Waals surface area contributed by atoms with Gasteiger partial charge in [-0.2, -0.15) is 0 Å². The number of carboxylic acids is 1. The topological polar surface area (TPSA) is 84.9 Å². The number of ether oxygens (including phenoxy) is 2. The fourth-order valence-corrected chi connectivity index (χ4v) is 3.37. The Morgan fingerprint density at radius 3 is 2.61 bits per heavy atom. The van der Waals surface area contributed by atoms with Crippen molar-refractivity contribution in [2.75, 3.05) is 19.8 Å². The number of carbonyl (C=O) groups is 2. The van der Waals surface area contributed by atoms with Crippen LogP contribution in [0.1, 0.15) is 24.0 Å². The molecule has 2 aromatic rings. The number of aliphatic carboxylic acids is 1. The van der Waals surface area contributed by atoms with Crippen LogP contribution in [0.2, 0.25) is 0 Å². The zero-order valence-electron chi connectivity index (χ0n) is 15.7. The van der Waals surface area contributed by atoms with Crippen molar-refractivity contribution in [2.24, 2.45) is 5.92 Å². The third-order valence-corrected chi connectivity index (χ3v) is 4.82. The zero-order chi connectivity index (χ0) is 19.8. The van der Waals surface area contributed by atoms with Crippen LogP contribution in [0.25, 0.3) is 0 Å². The average molecular weight is 383 g/mol. The van der Waals surface area contributed by atoms with Crippen molar-refractivity contribution in [3.8, 4) is 5.75 Å². The van der Waals surface area contributed by atoms with Gasteiger partial charge in [0.05, 0.1) is 6.61 Å². The molecule has 1 fully saturated rings. The summed E-state index contributed by atoms with van der Waals surface area (Å²) in [7, 11) is 0. The summed E-state index contributed by atoms with van der Waals surface area (Å²) < 4.78 is 11.1.